The van der Waals surface area contributed by atoms with Crippen LogP contribution in [0.3, 0.4) is 0 Å². The Morgan fingerprint density at radius 3 is 2.33 bits per heavy atom. The number of alkyl halides is 3. The van der Waals surface area contributed by atoms with Crippen molar-refractivity contribution < 1.29 is 41.7 Å². The lowest BCUT2D eigenvalue weighted by Gasteiger charge is -2.14. The maximum Gasteiger partial charge on any atom is 0.417 e. The summed E-state index contributed by atoms with van der Waals surface area (Å²) in [6.07, 6.45) is -3.59. The SMILES string of the molecule is CCCCOC(=O)NCCOC(=O)C(C)Oc1ccc(Oc2ccc(C(F)(F)F)cn2)cc1. The minimum absolute atomic E-state index is 0.00327. The average molecular weight is 470 g/mol. The van der Waals surface area contributed by atoms with Gasteiger partial charge in [-0.1, -0.05) is 13.3 Å². The van der Waals surface area contributed by atoms with Gasteiger partial charge in [-0.05, 0) is 43.7 Å². The van der Waals surface area contributed by atoms with Crippen LogP contribution in [0.4, 0.5) is 18.0 Å². The second-order valence-corrected chi connectivity index (χ2v) is 6.80. The molecule has 0 saturated carbocycles. The molecule has 0 radical (unpaired) electrons. The van der Waals surface area contributed by atoms with E-state index in [0.29, 0.717) is 24.3 Å². The molecule has 2 rings (SSSR count). The second-order valence-electron chi connectivity index (χ2n) is 6.80. The molecule has 33 heavy (non-hydrogen) atoms. The molecule has 2 aromatic rings. The zero-order chi connectivity index (χ0) is 24.3. The molecule has 1 heterocycles. The highest BCUT2D eigenvalue weighted by Crippen LogP contribution is 2.30. The van der Waals surface area contributed by atoms with Gasteiger partial charge in [0.05, 0.1) is 18.7 Å². The summed E-state index contributed by atoms with van der Waals surface area (Å²) in [6, 6.07) is 8.07. The molecule has 8 nitrogen and oxygen atoms in total. The number of aromatic nitrogens is 1. The topological polar surface area (TPSA) is 96.0 Å². The normalized spacial score (nSPS) is 11.9. The Morgan fingerprint density at radius 1 is 1.03 bits per heavy atom. The number of carbonyl (C=O) groups is 2. The van der Waals surface area contributed by atoms with E-state index in [9.17, 15) is 22.8 Å². The van der Waals surface area contributed by atoms with Crippen LogP contribution in [0.1, 0.15) is 32.3 Å². The van der Waals surface area contributed by atoms with Crippen LogP contribution in [0.5, 0.6) is 17.4 Å². The lowest BCUT2D eigenvalue weighted by atomic mass is 10.3. The fraction of sp³-hybridized carbons (Fsp3) is 0.409. The molecule has 0 aliphatic carbocycles. The van der Waals surface area contributed by atoms with Gasteiger partial charge in [-0.25, -0.2) is 14.6 Å². The highest BCUT2D eigenvalue weighted by Gasteiger charge is 2.30. The summed E-state index contributed by atoms with van der Waals surface area (Å²) in [5, 5.41) is 2.47. The van der Waals surface area contributed by atoms with E-state index < -0.39 is 29.9 Å². The van der Waals surface area contributed by atoms with E-state index in [2.05, 4.69) is 10.3 Å². The number of halogens is 3. The molecule has 1 aromatic carbocycles. The van der Waals surface area contributed by atoms with Gasteiger partial charge in [-0.3, -0.25) is 0 Å². The Balaban J connectivity index is 1.73. The van der Waals surface area contributed by atoms with Crippen molar-refractivity contribution in [2.75, 3.05) is 19.8 Å². The lowest BCUT2D eigenvalue weighted by molar-refractivity contribution is -0.150. The van der Waals surface area contributed by atoms with Gasteiger partial charge >= 0.3 is 18.2 Å². The molecular weight excluding hydrogens is 445 g/mol. The minimum Gasteiger partial charge on any atom is -0.479 e. The van der Waals surface area contributed by atoms with Crippen molar-refractivity contribution in [3.05, 3.63) is 48.2 Å². The molecular formula is C22H25F3N2O6. The monoisotopic (exact) mass is 470 g/mol. The van der Waals surface area contributed by atoms with Gasteiger partial charge in [0.2, 0.25) is 5.88 Å². The average Bonchev–Trinajstić information content (AvgIpc) is 2.78. The fourth-order valence-electron chi connectivity index (χ4n) is 2.35. The van der Waals surface area contributed by atoms with Crippen molar-refractivity contribution in [2.24, 2.45) is 0 Å². The van der Waals surface area contributed by atoms with Gasteiger partial charge in [0.15, 0.2) is 6.10 Å². The van der Waals surface area contributed by atoms with Crippen molar-refractivity contribution in [2.45, 2.75) is 39.0 Å². The maximum absolute atomic E-state index is 12.6. The molecule has 0 fully saturated rings. The van der Waals surface area contributed by atoms with E-state index in [-0.39, 0.29) is 19.0 Å². The summed E-state index contributed by atoms with van der Waals surface area (Å²) in [7, 11) is 0. The van der Waals surface area contributed by atoms with Gasteiger partial charge in [-0.15, -0.1) is 0 Å². The molecule has 0 aliphatic heterocycles. The van der Waals surface area contributed by atoms with Gasteiger partial charge in [0.1, 0.15) is 18.1 Å². The first-order valence-electron chi connectivity index (χ1n) is 10.2. The van der Waals surface area contributed by atoms with E-state index >= 15 is 0 Å². The van der Waals surface area contributed by atoms with Crippen LogP contribution in [0.25, 0.3) is 0 Å². The van der Waals surface area contributed by atoms with E-state index in [0.717, 1.165) is 25.0 Å². The van der Waals surface area contributed by atoms with E-state index in [4.69, 9.17) is 18.9 Å². The van der Waals surface area contributed by atoms with Crippen molar-refractivity contribution in [3.8, 4) is 17.4 Å². The highest BCUT2D eigenvalue weighted by atomic mass is 19.4. The number of ether oxygens (including phenoxy) is 4. The molecule has 1 unspecified atom stereocenters. The number of carbonyl (C=O) groups excluding carboxylic acids is 2. The molecule has 180 valence electrons. The largest absolute Gasteiger partial charge is 0.479 e. The summed E-state index contributed by atoms with van der Waals surface area (Å²) in [5.41, 5.74) is -0.873. The molecule has 1 N–H and O–H groups in total. The summed E-state index contributed by atoms with van der Waals surface area (Å²) < 4.78 is 58.6. The third kappa shape index (κ3) is 9.26. The molecule has 0 bridgehead atoms. The fourth-order valence-corrected chi connectivity index (χ4v) is 2.35. The first kappa shape index (κ1) is 25.8. The van der Waals surface area contributed by atoms with Gasteiger partial charge in [0.25, 0.3) is 0 Å². The van der Waals surface area contributed by atoms with Crippen LogP contribution < -0.4 is 14.8 Å². The maximum atomic E-state index is 12.6. The van der Waals surface area contributed by atoms with Crippen molar-refractivity contribution in [1.29, 1.82) is 0 Å². The van der Waals surface area contributed by atoms with Crippen LogP contribution in [0.2, 0.25) is 0 Å². The quantitative estimate of drug-likeness (QED) is 0.375. The van der Waals surface area contributed by atoms with E-state index in [1.807, 2.05) is 6.92 Å². The zero-order valence-electron chi connectivity index (χ0n) is 18.2. The Hall–Kier alpha value is -3.50. The molecule has 1 atom stereocenters. The van der Waals surface area contributed by atoms with Crippen LogP contribution >= 0.6 is 0 Å². The number of esters is 1. The Bertz CT molecular complexity index is 888. The number of unbranched alkanes of at least 4 members (excludes halogenated alkanes) is 1. The summed E-state index contributed by atoms with van der Waals surface area (Å²) in [4.78, 5) is 27.0. The van der Waals surface area contributed by atoms with Crippen molar-refractivity contribution >= 4 is 12.1 Å². The van der Waals surface area contributed by atoms with Gasteiger partial charge < -0.3 is 24.3 Å². The van der Waals surface area contributed by atoms with Crippen LogP contribution in [-0.4, -0.2) is 42.9 Å². The summed E-state index contributed by atoms with van der Waals surface area (Å²) in [5.74, 6) is 0.0495. The molecule has 11 heteroatoms. The lowest BCUT2D eigenvalue weighted by Crippen LogP contribution is -2.32. The molecule has 1 aromatic heterocycles. The van der Waals surface area contributed by atoms with E-state index in [1.165, 1.54) is 31.2 Å². The predicted octanol–water partition coefficient (Wildman–Crippen LogP) is 4.73. The zero-order valence-corrected chi connectivity index (χ0v) is 18.2. The number of rotatable bonds is 11. The summed E-state index contributed by atoms with van der Waals surface area (Å²) >= 11 is 0. The first-order valence-corrected chi connectivity index (χ1v) is 10.2. The standard InChI is InChI=1S/C22H25F3N2O6/c1-3-4-12-31-21(29)26-11-13-30-20(28)15(2)32-17-6-8-18(9-7-17)33-19-10-5-16(14-27-19)22(23,24)25/h5-10,14-15H,3-4,11-13H2,1-2H3,(H,26,29). The van der Waals surface area contributed by atoms with Crippen molar-refractivity contribution in [1.82, 2.24) is 10.3 Å². The molecule has 0 aliphatic rings. The summed E-state index contributed by atoms with van der Waals surface area (Å²) in [6.45, 7) is 3.88. The molecule has 0 spiro atoms. The first-order chi connectivity index (χ1) is 15.7. The number of nitrogens with zero attached hydrogens (tertiary/aromatic N) is 1. The number of hydrogen-bond acceptors (Lipinski definition) is 7. The van der Waals surface area contributed by atoms with Crippen molar-refractivity contribution in [3.63, 3.8) is 0 Å². The number of amides is 1. The number of nitrogens with one attached hydrogen (secondary N) is 1. The third-order valence-corrected chi connectivity index (χ3v) is 4.10. The van der Waals surface area contributed by atoms with Crippen LogP contribution in [0.15, 0.2) is 42.6 Å². The molecule has 0 saturated heterocycles. The molecule has 1 amide bonds. The Morgan fingerprint density at radius 2 is 1.73 bits per heavy atom. The predicted molar refractivity (Wildman–Crippen MR) is 111 cm³/mol. The number of benzene rings is 1. The minimum atomic E-state index is -4.47. The van der Waals surface area contributed by atoms with Gasteiger partial charge in [0, 0.05) is 12.3 Å². The Labute approximate surface area is 189 Å². The van der Waals surface area contributed by atoms with Crippen LogP contribution in [-0.2, 0) is 20.4 Å². The van der Waals surface area contributed by atoms with Gasteiger partial charge in [-0.2, -0.15) is 13.2 Å². The smallest absolute Gasteiger partial charge is 0.417 e. The highest BCUT2D eigenvalue weighted by molar-refractivity contribution is 5.74. The number of alkyl carbamates (subject to hydrolysis) is 1. The number of pyridine rings is 1. The van der Waals surface area contributed by atoms with Crippen LogP contribution in [0, 0.1) is 0 Å². The second kappa shape index (κ2) is 12.5. The Kier molecular flexibility index (Phi) is 9.77. The van der Waals surface area contributed by atoms with E-state index in [1.54, 1.807) is 0 Å². The third-order valence-electron chi connectivity index (χ3n) is 4.10. The number of hydrogen-bond donors (Lipinski definition) is 1.